The van der Waals surface area contributed by atoms with Crippen molar-refractivity contribution in [1.29, 1.82) is 0 Å². The molecule has 0 radical (unpaired) electrons. The summed E-state index contributed by atoms with van der Waals surface area (Å²) in [5, 5.41) is 20.7. The van der Waals surface area contributed by atoms with E-state index in [1.165, 1.54) is 12.8 Å². The molecule has 1 aliphatic rings. The van der Waals surface area contributed by atoms with E-state index in [4.69, 9.17) is 5.11 Å². The summed E-state index contributed by atoms with van der Waals surface area (Å²) >= 11 is 0. The zero-order chi connectivity index (χ0) is 13.9. The maximum atomic E-state index is 11.1. The first-order valence-electron chi connectivity index (χ1n) is 6.70. The minimum Gasteiger partial charge on any atom is -0.481 e. The van der Waals surface area contributed by atoms with Gasteiger partial charge in [-0.3, -0.25) is 4.79 Å². The van der Waals surface area contributed by atoms with E-state index in [0.29, 0.717) is 6.54 Å². The minimum absolute atomic E-state index is 0.296. The maximum absolute atomic E-state index is 11.1. The quantitative estimate of drug-likeness (QED) is 0.804. The van der Waals surface area contributed by atoms with E-state index in [2.05, 4.69) is 20.4 Å². The molecule has 0 saturated carbocycles. The highest BCUT2D eigenvalue weighted by atomic mass is 16.4. The third-order valence-corrected chi connectivity index (χ3v) is 3.58. The van der Waals surface area contributed by atoms with Crippen LogP contribution in [0.2, 0.25) is 0 Å². The van der Waals surface area contributed by atoms with Crippen molar-refractivity contribution in [2.24, 2.45) is 5.41 Å². The molecule has 0 aromatic carbocycles. The standard InChI is InChI=1S/C12H21N5O2/c1-12(2,11(18)19)9-17-10(13-14-15-17)5-8-16-6-3-4-7-16/h3-9H2,1-2H3,(H,18,19). The normalized spacial score (nSPS) is 16.9. The summed E-state index contributed by atoms with van der Waals surface area (Å²) < 4.78 is 1.62. The molecule has 0 amide bonds. The monoisotopic (exact) mass is 267 g/mol. The molecule has 1 aliphatic heterocycles. The van der Waals surface area contributed by atoms with Crippen LogP contribution in [0, 0.1) is 5.41 Å². The average Bonchev–Trinajstić information content (AvgIpc) is 2.96. The number of nitrogens with zero attached hydrogens (tertiary/aromatic N) is 5. The molecule has 1 aromatic rings. The molecule has 0 unspecified atom stereocenters. The van der Waals surface area contributed by atoms with Crippen molar-refractivity contribution in [2.75, 3.05) is 19.6 Å². The Kier molecular flexibility index (Phi) is 4.14. The fourth-order valence-electron chi connectivity index (χ4n) is 2.23. The molecular formula is C12H21N5O2. The zero-order valence-corrected chi connectivity index (χ0v) is 11.5. The van der Waals surface area contributed by atoms with Crippen LogP contribution in [0.15, 0.2) is 0 Å². The molecule has 0 spiro atoms. The van der Waals surface area contributed by atoms with Crippen LogP contribution in [-0.2, 0) is 17.8 Å². The second kappa shape index (κ2) is 5.64. The van der Waals surface area contributed by atoms with Crippen molar-refractivity contribution in [3.8, 4) is 0 Å². The minimum atomic E-state index is -0.863. The van der Waals surface area contributed by atoms with Gasteiger partial charge < -0.3 is 10.0 Å². The van der Waals surface area contributed by atoms with Crippen molar-refractivity contribution in [3.63, 3.8) is 0 Å². The summed E-state index contributed by atoms with van der Waals surface area (Å²) in [6, 6.07) is 0. The van der Waals surface area contributed by atoms with Crippen LogP contribution >= 0.6 is 0 Å². The van der Waals surface area contributed by atoms with Crippen molar-refractivity contribution in [2.45, 2.75) is 39.7 Å². The molecule has 19 heavy (non-hydrogen) atoms. The molecule has 1 aromatic heterocycles. The lowest BCUT2D eigenvalue weighted by atomic mass is 9.94. The number of aliphatic carboxylic acids is 1. The number of hydrogen-bond acceptors (Lipinski definition) is 5. The van der Waals surface area contributed by atoms with E-state index in [-0.39, 0.29) is 0 Å². The van der Waals surface area contributed by atoms with E-state index in [1.807, 2.05) is 0 Å². The first-order chi connectivity index (χ1) is 8.99. The molecular weight excluding hydrogens is 246 g/mol. The second-order valence-electron chi connectivity index (χ2n) is 5.74. The highest BCUT2D eigenvalue weighted by molar-refractivity contribution is 5.73. The first-order valence-corrected chi connectivity index (χ1v) is 6.70. The molecule has 0 bridgehead atoms. The van der Waals surface area contributed by atoms with Gasteiger partial charge in [0.05, 0.1) is 12.0 Å². The summed E-state index contributed by atoms with van der Waals surface area (Å²) in [7, 11) is 0. The predicted octanol–water partition coefficient (Wildman–Crippen LogP) is 0.422. The lowest BCUT2D eigenvalue weighted by molar-refractivity contribution is -0.147. The maximum Gasteiger partial charge on any atom is 0.310 e. The van der Waals surface area contributed by atoms with Crippen LogP contribution in [-0.4, -0.2) is 55.8 Å². The molecule has 2 rings (SSSR count). The fourth-order valence-corrected chi connectivity index (χ4v) is 2.23. The van der Waals surface area contributed by atoms with Gasteiger partial charge in [-0.15, -0.1) is 5.10 Å². The van der Waals surface area contributed by atoms with Crippen LogP contribution in [0.1, 0.15) is 32.5 Å². The number of carboxylic acid groups (broad SMARTS) is 1. The van der Waals surface area contributed by atoms with E-state index < -0.39 is 11.4 Å². The number of aromatic nitrogens is 4. The molecule has 0 atom stereocenters. The molecule has 106 valence electrons. The summed E-state index contributed by atoms with van der Waals surface area (Å²) in [6.45, 7) is 6.88. The third kappa shape index (κ3) is 3.50. The number of carbonyl (C=O) groups is 1. The van der Waals surface area contributed by atoms with Crippen molar-refractivity contribution in [3.05, 3.63) is 5.82 Å². The Labute approximate surface area is 112 Å². The Morgan fingerprint density at radius 3 is 2.68 bits per heavy atom. The Bertz CT molecular complexity index is 437. The molecule has 0 aliphatic carbocycles. The van der Waals surface area contributed by atoms with Crippen molar-refractivity contribution >= 4 is 5.97 Å². The van der Waals surface area contributed by atoms with Gasteiger partial charge in [-0.1, -0.05) is 0 Å². The predicted molar refractivity (Wildman–Crippen MR) is 68.6 cm³/mol. The Morgan fingerprint density at radius 2 is 2.05 bits per heavy atom. The molecule has 7 heteroatoms. The smallest absolute Gasteiger partial charge is 0.310 e. The van der Waals surface area contributed by atoms with Crippen LogP contribution in [0.3, 0.4) is 0 Å². The van der Waals surface area contributed by atoms with Gasteiger partial charge in [0.2, 0.25) is 0 Å². The van der Waals surface area contributed by atoms with Crippen LogP contribution < -0.4 is 0 Å². The molecule has 7 nitrogen and oxygen atoms in total. The van der Waals surface area contributed by atoms with E-state index in [1.54, 1.807) is 18.5 Å². The summed E-state index contributed by atoms with van der Waals surface area (Å²) in [6.07, 6.45) is 3.29. The second-order valence-corrected chi connectivity index (χ2v) is 5.74. The van der Waals surface area contributed by atoms with Crippen LogP contribution in [0.4, 0.5) is 0 Å². The summed E-state index contributed by atoms with van der Waals surface area (Å²) in [4.78, 5) is 13.5. The molecule has 1 N–H and O–H groups in total. The number of hydrogen-bond donors (Lipinski definition) is 1. The average molecular weight is 267 g/mol. The molecule has 1 fully saturated rings. The Balaban J connectivity index is 1.95. The third-order valence-electron chi connectivity index (χ3n) is 3.58. The lowest BCUT2D eigenvalue weighted by Crippen LogP contribution is -2.31. The van der Waals surface area contributed by atoms with Gasteiger partial charge in [-0.05, 0) is 50.2 Å². The number of rotatable bonds is 6. The van der Waals surface area contributed by atoms with E-state index in [0.717, 1.165) is 31.9 Å². The van der Waals surface area contributed by atoms with Gasteiger partial charge in [-0.2, -0.15) is 0 Å². The lowest BCUT2D eigenvalue weighted by Gasteiger charge is -2.19. The van der Waals surface area contributed by atoms with Crippen LogP contribution in [0.25, 0.3) is 0 Å². The molecule has 2 heterocycles. The number of likely N-dealkylation sites (tertiary alicyclic amines) is 1. The number of tetrazole rings is 1. The molecule has 1 saturated heterocycles. The Morgan fingerprint density at radius 1 is 1.37 bits per heavy atom. The van der Waals surface area contributed by atoms with E-state index in [9.17, 15) is 4.79 Å². The summed E-state index contributed by atoms with van der Waals surface area (Å²) in [5.41, 5.74) is -0.863. The summed E-state index contributed by atoms with van der Waals surface area (Å²) in [5.74, 6) is -0.0743. The van der Waals surface area contributed by atoms with Crippen molar-refractivity contribution < 1.29 is 9.90 Å². The van der Waals surface area contributed by atoms with Crippen LogP contribution in [0.5, 0.6) is 0 Å². The van der Waals surface area contributed by atoms with Gasteiger partial charge >= 0.3 is 5.97 Å². The van der Waals surface area contributed by atoms with Gasteiger partial charge in [0.1, 0.15) is 0 Å². The fraction of sp³-hybridized carbons (Fsp3) is 0.833. The van der Waals surface area contributed by atoms with Gasteiger partial charge in [0.15, 0.2) is 5.82 Å². The topological polar surface area (TPSA) is 84.1 Å². The number of carboxylic acids is 1. The zero-order valence-electron chi connectivity index (χ0n) is 11.5. The van der Waals surface area contributed by atoms with Gasteiger partial charge in [-0.25, -0.2) is 4.68 Å². The van der Waals surface area contributed by atoms with Crippen molar-refractivity contribution in [1.82, 2.24) is 25.1 Å². The SMILES string of the molecule is CC(C)(Cn1nnnc1CCN1CCCC1)C(=O)O. The highest BCUT2D eigenvalue weighted by Crippen LogP contribution is 2.18. The van der Waals surface area contributed by atoms with Gasteiger partial charge in [0, 0.05) is 13.0 Å². The largest absolute Gasteiger partial charge is 0.481 e. The Hall–Kier alpha value is -1.50. The van der Waals surface area contributed by atoms with Gasteiger partial charge in [0.25, 0.3) is 0 Å². The first kappa shape index (κ1) is 13.9. The van der Waals surface area contributed by atoms with E-state index >= 15 is 0 Å². The highest BCUT2D eigenvalue weighted by Gasteiger charge is 2.29.